The van der Waals surface area contributed by atoms with E-state index in [1.54, 1.807) is 25.3 Å². The number of carbonyl (C=O) groups is 1. The van der Waals surface area contributed by atoms with Gasteiger partial charge in [-0.2, -0.15) is 0 Å². The monoisotopic (exact) mass is 352 g/mol. The lowest BCUT2D eigenvalue weighted by Crippen LogP contribution is -2.30. The Bertz CT molecular complexity index is 937. The van der Waals surface area contributed by atoms with E-state index in [4.69, 9.17) is 4.42 Å². The molecule has 3 heterocycles. The van der Waals surface area contributed by atoms with Gasteiger partial charge in [-0.1, -0.05) is 0 Å². The zero-order chi connectivity index (χ0) is 18.1. The number of benzene rings is 1. The number of nitrogens with one attached hydrogen (secondary N) is 2. The smallest absolute Gasteiger partial charge is 0.275 e. The van der Waals surface area contributed by atoms with Gasteiger partial charge in [0.25, 0.3) is 5.91 Å². The van der Waals surface area contributed by atoms with Crippen LogP contribution in [0.2, 0.25) is 0 Å². The van der Waals surface area contributed by atoms with Crippen molar-refractivity contribution in [1.82, 2.24) is 20.3 Å². The molecule has 1 aromatic carbocycles. The predicted molar refractivity (Wildman–Crippen MR) is 98.4 cm³/mol. The number of nitrogens with zero attached hydrogens (tertiary/aromatic N) is 4. The molecule has 4 rings (SSSR count). The number of rotatable bonds is 4. The maximum Gasteiger partial charge on any atom is 0.275 e. The fraction of sp³-hybridized carbons (Fsp3) is 0.333. The van der Waals surface area contributed by atoms with Crippen molar-refractivity contribution in [3.8, 4) is 0 Å². The van der Waals surface area contributed by atoms with Crippen LogP contribution in [-0.2, 0) is 0 Å². The van der Waals surface area contributed by atoms with Crippen LogP contribution in [0.3, 0.4) is 0 Å². The Morgan fingerprint density at radius 2 is 2.19 bits per heavy atom. The van der Waals surface area contributed by atoms with E-state index in [1.807, 2.05) is 13.1 Å². The predicted octanol–water partition coefficient (Wildman–Crippen LogP) is 1.98. The van der Waals surface area contributed by atoms with Crippen molar-refractivity contribution >= 4 is 28.5 Å². The summed E-state index contributed by atoms with van der Waals surface area (Å²) in [6.07, 6.45) is 4.23. The summed E-state index contributed by atoms with van der Waals surface area (Å²) in [6, 6.07) is 5.81. The Balaban J connectivity index is 1.45. The Kier molecular flexibility index (Phi) is 4.26. The minimum Gasteiger partial charge on any atom is -0.441 e. The lowest BCUT2D eigenvalue weighted by molar-refractivity contribution is 0.102. The first-order chi connectivity index (χ1) is 12.6. The topological polar surface area (TPSA) is 96.2 Å². The maximum atomic E-state index is 12.4. The Morgan fingerprint density at radius 1 is 1.31 bits per heavy atom. The van der Waals surface area contributed by atoms with E-state index < -0.39 is 0 Å². The molecule has 1 amide bonds. The number of hydrogen-bond donors (Lipinski definition) is 2. The molecular formula is C18H20N6O2. The summed E-state index contributed by atoms with van der Waals surface area (Å²) in [5.41, 5.74) is 2.29. The van der Waals surface area contributed by atoms with Crippen LogP contribution >= 0.6 is 0 Å². The SMILES string of the molecule is CN[C@@H]1CCN(c2cnc(C(=O)Nc3ccc4nc(C)oc4c3)cn2)C1. The fourth-order valence-electron chi connectivity index (χ4n) is 3.12. The average Bonchev–Trinajstić information content (AvgIpc) is 3.27. The molecule has 0 aliphatic carbocycles. The molecular weight excluding hydrogens is 332 g/mol. The van der Waals surface area contributed by atoms with Crippen LogP contribution in [-0.4, -0.2) is 47.0 Å². The first-order valence-corrected chi connectivity index (χ1v) is 8.55. The maximum absolute atomic E-state index is 12.4. The molecule has 0 radical (unpaired) electrons. The highest BCUT2D eigenvalue weighted by Crippen LogP contribution is 2.21. The van der Waals surface area contributed by atoms with Crippen molar-refractivity contribution in [3.63, 3.8) is 0 Å². The minimum atomic E-state index is -0.311. The van der Waals surface area contributed by atoms with Gasteiger partial charge in [0, 0.05) is 37.8 Å². The lowest BCUT2D eigenvalue weighted by atomic mass is 10.3. The first-order valence-electron chi connectivity index (χ1n) is 8.55. The zero-order valence-electron chi connectivity index (χ0n) is 14.7. The van der Waals surface area contributed by atoms with E-state index in [9.17, 15) is 4.79 Å². The molecule has 0 saturated carbocycles. The summed E-state index contributed by atoms with van der Waals surface area (Å²) < 4.78 is 5.49. The van der Waals surface area contributed by atoms with Crippen LogP contribution in [0, 0.1) is 6.92 Å². The summed E-state index contributed by atoms with van der Waals surface area (Å²) in [7, 11) is 1.96. The molecule has 2 N–H and O–H groups in total. The number of hydrogen-bond acceptors (Lipinski definition) is 7. The molecule has 26 heavy (non-hydrogen) atoms. The second-order valence-corrected chi connectivity index (χ2v) is 6.35. The summed E-state index contributed by atoms with van der Waals surface area (Å²) >= 11 is 0. The molecule has 1 saturated heterocycles. The Hall–Kier alpha value is -3.00. The second kappa shape index (κ2) is 6.72. The Morgan fingerprint density at radius 3 is 2.92 bits per heavy atom. The molecule has 1 aliphatic rings. The van der Waals surface area contributed by atoms with Gasteiger partial charge < -0.3 is 20.0 Å². The highest BCUT2D eigenvalue weighted by Gasteiger charge is 2.22. The number of fused-ring (bicyclic) bond motifs is 1. The van der Waals surface area contributed by atoms with E-state index in [0.717, 1.165) is 30.8 Å². The summed E-state index contributed by atoms with van der Waals surface area (Å²) in [4.78, 5) is 27.5. The number of amides is 1. The van der Waals surface area contributed by atoms with Crippen molar-refractivity contribution in [1.29, 1.82) is 0 Å². The van der Waals surface area contributed by atoms with E-state index in [2.05, 4.69) is 30.5 Å². The summed E-state index contributed by atoms with van der Waals surface area (Å²) in [5.74, 6) is 1.07. The molecule has 3 aromatic rings. The van der Waals surface area contributed by atoms with E-state index in [-0.39, 0.29) is 11.6 Å². The van der Waals surface area contributed by atoms with Crippen molar-refractivity contribution in [2.45, 2.75) is 19.4 Å². The van der Waals surface area contributed by atoms with Gasteiger partial charge >= 0.3 is 0 Å². The normalized spacial score (nSPS) is 17.0. The minimum absolute atomic E-state index is 0.270. The van der Waals surface area contributed by atoms with Gasteiger partial charge in [0.15, 0.2) is 11.5 Å². The van der Waals surface area contributed by atoms with E-state index in [1.165, 1.54) is 6.20 Å². The molecule has 134 valence electrons. The van der Waals surface area contributed by atoms with Crippen LogP contribution in [0.4, 0.5) is 11.5 Å². The van der Waals surface area contributed by atoms with Gasteiger partial charge in [0.1, 0.15) is 17.0 Å². The van der Waals surface area contributed by atoms with Crippen LogP contribution in [0.5, 0.6) is 0 Å². The van der Waals surface area contributed by atoms with E-state index in [0.29, 0.717) is 23.2 Å². The van der Waals surface area contributed by atoms with Crippen molar-refractivity contribution in [2.75, 3.05) is 30.4 Å². The van der Waals surface area contributed by atoms with Crippen LogP contribution in [0.25, 0.3) is 11.1 Å². The number of carbonyl (C=O) groups excluding carboxylic acids is 1. The molecule has 1 aliphatic heterocycles. The third-order valence-electron chi connectivity index (χ3n) is 4.54. The van der Waals surface area contributed by atoms with E-state index >= 15 is 0 Å². The molecule has 2 aromatic heterocycles. The molecule has 0 unspecified atom stereocenters. The van der Waals surface area contributed by atoms with Crippen LogP contribution in [0.15, 0.2) is 35.0 Å². The fourth-order valence-corrected chi connectivity index (χ4v) is 3.12. The third-order valence-corrected chi connectivity index (χ3v) is 4.54. The lowest BCUT2D eigenvalue weighted by Gasteiger charge is -2.16. The highest BCUT2D eigenvalue weighted by atomic mass is 16.3. The van der Waals surface area contributed by atoms with Gasteiger partial charge in [-0.15, -0.1) is 0 Å². The largest absolute Gasteiger partial charge is 0.441 e. The Labute approximate surface area is 150 Å². The summed E-state index contributed by atoms with van der Waals surface area (Å²) in [6.45, 7) is 3.62. The van der Waals surface area contributed by atoms with Crippen LogP contribution < -0.4 is 15.5 Å². The number of aryl methyl sites for hydroxylation is 1. The summed E-state index contributed by atoms with van der Waals surface area (Å²) in [5, 5.41) is 6.08. The van der Waals surface area contributed by atoms with Crippen molar-refractivity contribution < 1.29 is 9.21 Å². The molecule has 1 fully saturated rings. The highest BCUT2D eigenvalue weighted by molar-refractivity contribution is 6.03. The van der Waals surface area contributed by atoms with Crippen molar-refractivity contribution in [3.05, 3.63) is 42.2 Å². The van der Waals surface area contributed by atoms with Gasteiger partial charge in [0.2, 0.25) is 0 Å². The molecule has 1 atom stereocenters. The average molecular weight is 352 g/mol. The molecule has 8 heteroatoms. The van der Waals surface area contributed by atoms with Gasteiger partial charge in [-0.25, -0.2) is 15.0 Å². The number of aromatic nitrogens is 3. The number of anilines is 2. The molecule has 8 nitrogen and oxygen atoms in total. The second-order valence-electron chi connectivity index (χ2n) is 6.35. The third kappa shape index (κ3) is 3.23. The number of oxazole rings is 1. The van der Waals surface area contributed by atoms with Gasteiger partial charge in [0.05, 0.1) is 12.4 Å². The molecule has 0 bridgehead atoms. The molecule has 0 spiro atoms. The van der Waals surface area contributed by atoms with Crippen molar-refractivity contribution in [2.24, 2.45) is 0 Å². The van der Waals surface area contributed by atoms with Gasteiger partial charge in [-0.3, -0.25) is 4.79 Å². The van der Waals surface area contributed by atoms with Gasteiger partial charge in [-0.05, 0) is 25.6 Å². The first kappa shape index (κ1) is 16.5. The number of likely N-dealkylation sites (N-methyl/N-ethyl adjacent to an activating group) is 1. The quantitative estimate of drug-likeness (QED) is 0.741. The zero-order valence-corrected chi connectivity index (χ0v) is 14.7. The standard InChI is InChI=1S/C18H20N6O2/c1-11-22-14-4-3-12(7-16(14)26-11)23-18(25)15-8-21-17(9-20-15)24-6-5-13(10-24)19-2/h3-4,7-9,13,19H,5-6,10H2,1-2H3,(H,23,25)/t13-/m1/s1. The van der Waals surface area contributed by atoms with Crippen LogP contribution in [0.1, 0.15) is 22.8 Å².